The van der Waals surface area contributed by atoms with Crippen molar-refractivity contribution < 1.29 is 0 Å². The van der Waals surface area contributed by atoms with E-state index in [4.69, 9.17) is 0 Å². The van der Waals surface area contributed by atoms with Crippen molar-refractivity contribution in [1.82, 2.24) is 15.1 Å². The van der Waals surface area contributed by atoms with Crippen molar-refractivity contribution in [2.75, 3.05) is 53.4 Å². The molecule has 0 amide bonds. The van der Waals surface area contributed by atoms with Crippen LogP contribution >= 0.6 is 0 Å². The SMILES string of the molecule is CN(CCNCC1CC1)CC1CCN(C)C1. The van der Waals surface area contributed by atoms with E-state index in [1.54, 1.807) is 0 Å². The molecule has 3 nitrogen and oxygen atoms in total. The molecule has 1 saturated carbocycles. The van der Waals surface area contributed by atoms with E-state index in [-0.39, 0.29) is 0 Å². The van der Waals surface area contributed by atoms with Crippen molar-refractivity contribution >= 4 is 0 Å². The van der Waals surface area contributed by atoms with Crippen LogP contribution in [0.2, 0.25) is 0 Å². The predicted octanol–water partition coefficient (Wildman–Crippen LogP) is 0.870. The van der Waals surface area contributed by atoms with Gasteiger partial charge in [0.25, 0.3) is 0 Å². The Balaban J connectivity index is 1.48. The van der Waals surface area contributed by atoms with E-state index in [0.29, 0.717) is 0 Å². The van der Waals surface area contributed by atoms with Gasteiger partial charge in [-0.1, -0.05) is 0 Å². The quantitative estimate of drug-likeness (QED) is 0.649. The summed E-state index contributed by atoms with van der Waals surface area (Å²) in [5, 5.41) is 3.56. The molecule has 1 aliphatic heterocycles. The van der Waals surface area contributed by atoms with E-state index in [1.165, 1.54) is 52.0 Å². The van der Waals surface area contributed by atoms with Crippen LogP contribution in [0.4, 0.5) is 0 Å². The van der Waals surface area contributed by atoms with Crippen molar-refractivity contribution in [1.29, 1.82) is 0 Å². The molecule has 94 valence electrons. The van der Waals surface area contributed by atoms with Crippen molar-refractivity contribution in [2.45, 2.75) is 19.3 Å². The second kappa shape index (κ2) is 5.99. The summed E-state index contributed by atoms with van der Waals surface area (Å²) in [6, 6.07) is 0. The molecule has 0 aromatic carbocycles. The largest absolute Gasteiger partial charge is 0.315 e. The predicted molar refractivity (Wildman–Crippen MR) is 68.7 cm³/mol. The van der Waals surface area contributed by atoms with Crippen LogP contribution in [0, 0.1) is 11.8 Å². The molecule has 0 aromatic rings. The Kier molecular flexibility index (Phi) is 4.62. The van der Waals surface area contributed by atoms with E-state index in [1.807, 2.05) is 0 Å². The Morgan fingerprint density at radius 2 is 2.06 bits per heavy atom. The normalized spacial score (nSPS) is 26.8. The standard InChI is InChI=1S/C13H27N3/c1-15-7-5-13(10-15)11-16(2)8-6-14-9-12-3-4-12/h12-14H,3-11H2,1-2H3. The van der Waals surface area contributed by atoms with Gasteiger partial charge in [0.1, 0.15) is 0 Å². The molecule has 1 heterocycles. The molecule has 1 N–H and O–H groups in total. The second-order valence-electron chi connectivity index (χ2n) is 5.83. The van der Waals surface area contributed by atoms with Crippen LogP contribution in [-0.4, -0.2) is 63.2 Å². The minimum absolute atomic E-state index is 0.901. The highest BCUT2D eigenvalue weighted by molar-refractivity contribution is 4.77. The fraction of sp³-hybridized carbons (Fsp3) is 1.00. The maximum absolute atomic E-state index is 3.56. The number of nitrogens with one attached hydrogen (secondary N) is 1. The number of likely N-dealkylation sites (tertiary alicyclic amines) is 1. The minimum atomic E-state index is 0.901. The summed E-state index contributed by atoms with van der Waals surface area (Å²) in [5.74, 6) is 1.91. The molecule has 0 aromatic heterocycles. The summed E-state index contributed by atoms with van der Waals surface area (Å²) in [6.45, 7) is 7.47. The fourth-order valence-electron chi connectivity index (χ4n) is 2.61. The highest BCUT2D eigenvalue weighted by atomic mass is 15.2. The van der Waals surface area contributed by atoms with E-state index in [9.17, 15) is 0 Å². The van der Waals surface area contributed by atoms with Gasteiger partial charge in [-0.2, -0.15) is 0 Å². The number of hydrogen-bond donors (Lipinski definition) is 1. The molecule has 1 aliphatic carbocycles. The first-order valence-corrected chi connectivity index (χ1v) is 6.82. The fourth-order valence-corrected chi connectivity index (χ4v) is 2.61. The molecule has 3 heteroatoms. The van der Waals surface area contributed by atoms with Gasteiger partial charge in [-0.25, -0.2) is 0 Å². The first-order valence-electron chi connectivity index (χ1n) is 6.82. The third-order valence-corrected chi connectivity index (χ3v) is 3.86. The number of hydrogen-bond acceptors (Lipinski definition) is 3. The Labute approximate surface area is 100 Å². The van der Waals surface area contributed by atoms with E-state index >= 15 is 0 Å². The Bertz CT molecular complexity index is 203. The molecule has 16 heavy (non-hydrogen) atoms. The van der Waals surface area contributed by atoms with Crippen molar-refractivity contribution in [2.24, 2.45) is 11.8 Å². The minimum Gasteiger partial charge on any atom is -0.315 e. The van der Waals surface area contributed by atoms with Crippen LogP contribution in [0.1, 0.15) is 19.3 Å². The summed E-state index contributed by atoms with van der Waals surface area (Å²) in [4.78, 5) is 4.94. The van der Waals surface area contributed by atoms with E-state index in [0.717, 1.165) is 18.4 Å². The maximum Gasteiger partial charge on any atom is 0.0104 e. The number of nitrogens with zero attached hydrogens (tertiary/aromatic N) is 2. The number of likely N-dealkylation sites (N-methyl/N-ethyl adjacent to an activating group) is 1. The number of rotatable bonds is 7. The zero-order valence-corrected chi connectivity index (χ0v) is 10.9. The molecule has 0 radical (unpaired) electrons. The molecular weight excluding hydrogens is 198 g/mol. The first-order chi connectivity index (χ1) is 7.74. The topological polar surface area (TPSA) is 18.5 Å². The summed E-state index contributed by atoms with van der Waals surface area (Å²) in [5.41, 5.74) is 0. The van der Waals surface area contributed by atoms with Crippen LogP contribution in [-0.2, 0) is 0 Å². The van der Waals surface area contributed by atoms with Gasteiger partial charge in [-0.15, -0.1) is 0 Å². The lowest BCUT2D eigenvalue weighted by molar-refractivity contribution is 0.273. The highest BCUT2D eigenvalue weighted by Gasteiger charge is 2.21. The van der Waals surface area contributed by atoms with Gasteiger partial charge in [0.05, 0.1) is 0 Å². The Hall–Kier alpha value is -0.120. The van der Waals surface area contributed by atoms with Crippen LogP contribution in [0.25, 0.3) is 0 Å². The Morgan fingerprint density at radius 3 is 2.69 bits per heavy atom. The van der Waals surface area contributed by atoms with Crippen LogP contribution in [0.3, 0.4) is 0 Å². The molecule has 0 spiro atoms. The van der Waals surface area contributed by atoms with Crippen molar-refractivity contribution in [3.63, 3.8) is 0 Å². The molecule has 2 fully saturated rings. The first kappa shape index (κ1) is 12.3. The van der Waals surface area contributed by atoms with Crippen molar-refractivity contribution in [3.05, 3.63) is 0 Å². The molecule has 1 unspecified atom stereocenters. The molecule has 2 aliphatic rings. The monoisotopic (exact) mass is 225 g/mol. The van der Waals surface area contributed by atoms with Gasteiger partial charge in [-0.3, -0.25) is 0 Å². The van der Waals surface area contributed by atoms with Gasteiger partial charge in [0.15, 0.2) is 0 Å². The summed E-state index contributed by atoms with van der Waals surface area (Å²) in [7, 11) is 4.49. The summed E-state index contributed by atoms with van der Waals surface area (Å²) in [6.07, 6.45) is 4.30. The molecule has 1 atom stereocenters. The lowest BCUT2D eigenvalue weighted by atomic mass is 10.1. The molecule has 1 saturated heterocycles. The Morgan fingerprint density at radius 1 is 1.25 bits per heavy atom. The van der Waals surface area contributed by atoms with Gasteiger partial charge < -0.3 is 15.1 Å². The summed E-state index contributed by atoms with van der Waals surface area (Å²) < 4.78 is 0. The van der Waals surface area contributed by atoms with Crippen LogP contribution < -0.4 is 5.32 Å². The zero-order chi connectivity index (χ0) is 11.4. The van der Waals surface area contributed by atoms with E-state index in [2.05, 4.69) is 29.2 Å². The zero-order valence-electron chi connectivity index (χ0n) is 10.9. The third-order valence-electron chi connectivity index (χ3n) is 3.86. The van der Waals surface area contributed by atoms with E-state index < -0.39 is 0 Å². The maximum atomic E-state index is 3.56. The highest BCUT2D eigenvalue weighted by Crippen LogP contribution is 2.27. The van der Waals surface area contributed by atoms with Crippen LogP contribution in [0.15, 0.2) is 0 Å². The molecule has 2 rings (SSSR count). The molecular formula is C13H27N3. The average molecular weight is 225 g/mol. The van der Waals surface area contributed by atoms with Gasteiger partial charge in [0, 0.05) is 26.2 Å². The van der Waals surface area contributed by atoms with Gasteiger partial charge in [0.2, 0.25) is 0 Å². The smallest absolute Gasteiger partial charge is 0.0104 e. The van der Waals surface area contributed by atoms with Crippen molar-refractivity contribution in [3.8, 4) is 0 Å². The lowest BCUT2D eigenvalue weighted by Crippen LogP contribution is -2.34. The lowest BCUT2D eigenvalue weighted by Gasteiger charge is -2.21. The van der Waals surface area contributed by atoms with Crippen LogP contribution in [0.5, 0.6) is 0 Å². The summed E-state index contributed by atoms with van der Waals surface area (Å²) >= 11 is 0. The van der Waals surface area contributed by atoms with Gasteiger partial charge in [-0.05, 0) is 58.3 Å². The average Bonchev–Trinajstić information content (AvgIpc) is 2.98. The molecule has 0 bridgehead atoms. The third kappa shape index (κ3) is 4.40. The van der Waals surface area contributed by atoms with Gasteiger partial charge >= 0.3 is 0 Å². The second-order valence-corrected chi connectivity index (χ2v) is 5.83.